The van der Waals surface area contributed by atoms with Gasteiger partial charge in [-0.25, -0.2) is 0 Å². The topological polar surface area (TPSA) is 9.23 Å². The highest BCUT2D eigenvalue weighted by molar-refractivity contribution is 9.10. The average molecular weight is 425 g/mol. The standard InChI is InChI=1S/C14H10Br2Cl2O/c1-19-13-5-2-8(15)6-11(13)14(18)10-4-3-9(17)7-12(10)16/h2-7,14H,1H3. The molecule has 0 aliphatic heterocycles. The zero-order chi connectivity index (χ0) is 14.0. The molecule has 1 atom stereocenters. The van der Waals surface area contributed by atoms with Crippen molar-refractivity contribution in [2.75, 3.05) is 7.11 Å². The molecule has 0 aliphatic carbocycles. The van der Waals surface area contributed by atoms with E-state index < -0.39 is 0 Å². The van der Waals surface area contributed by atoms with Crippen LogP contribution in [0.2, 0.25) is 5.02 Å². The largest absolute Gasteiger partial charge is 0.496 e. The summed E-state index contributed by atoms with van der Waals surface area (Å²) in [4.78, 5) is 0. The van der Waals surface area contributed by atoms with E-state index >= 15 is 0 Å². The maximum absolute atomic E-state index is 6.57. The van der Waals surface area contributed by atoms with Gasteiger partial charge in [0.25, 0.3) is 0 Å². The molecule has 0 saturated heterocycles. The van der Waals surface area contributed by atoms with Crippen molar-refractivity contribution in [2.45, 2.75) is 5.38 Å². The van der Waals surface area contributed by atoms with Gasteiger partial charge in [0.1, 0.15) is 5.75 Å². The number of hydrogen-bond acceptors (Lipinski definition) is 1. The Morgan fingerprint density at radius 3 is 2.42 bits per heavy atom. The summed E-state index contributed by atoms with van der Waals surface area (Å²) < 4.78 is 7.19. The van der Waals surface area contributed by atoms with E-state index in [0.717, 1.165) is 25.8 Å². The van der Waals surface area contributed by atoms with Crippen LogP contribution in [0.5, 0.6) is 5.75 Å². The maximum Gasteiger partial charge on any atom is 0.123 e. The predicted octanol–water partition coefficient (Wildman–Crippen LogP) is 6.20. The summed E-state index contributed by atoms with van der Waals surface area (Å²) in [5.41, 5.74) is 1.85. The first kappa shape index (κ1) is 15.2. The van der Waals surface area contributed by atoms with Gasteiger partial charge in [-0.1, -0.05) is 49.5 Å². The third kappa shape index (κ3) is 3.46. The van der Waals surface area contributed by atoms with Crippen molar-refractivity contribution in [2.24, 2.45) is 0 Å². The Kier molecular flexibility index (Phi) is 5.18. The van der Waals surface area contributed by atoms with Gasteiger partial charge in [0.05, 0.1) is 12.5 Å². The number of ether oxygens (including phenoxy) is 1. The van der Waals surface area contributed by atoms with Crippen molar-refractivity contribution in [3.8, 4) is 5.75 Å². The fourth-order valence-corrected chi connectivity index (χ4v) is 3.56. The Morgan fingerprint density at radius 1 is 1.05 bits per heavy atom. The Labute approximate surface area is 139 Å². The van der Waals surface area contributed by atoms with Gasteiger partial charge in [-0.2, -0.15) is 0 Å². The summed E-state index contributed by atoms with van der Waals surface area (Å²) >= 11 is 19.5. The third-order valence-electron chi connectivity index (χ3n) is 2.70. The molecule has 100 valence electrons. The van der Waals surface area contributed by atoms with Crippen molar-refractivity contribution >= 4 is 55.1 Å². The molecule has 2 aromatic rings. The molecule has 5 heteroatoms. The average Bonchev–Trinajstić information content (AvgIpc) is 2.38. The summed E-state index contributed by atoms with van der Waals surface area (Å²) in [7, 11) is 1.63. The Balaban J connectivity index is 2.49. The summed E-state index contributed by atoms with van der Waals surface area (Å²) in [5, 5.41) is 0.347. The molecule has 0 fully saturated rings. The van der Waals surface area contributed by atoms with Gasteiger partial charge in [0, 0.05) is 19.5 Å². The Bertz CT molecular complexity index is 602. The van der Waals surface area contributed by atoms with Crippen LogP contribution >= 0.6 is 55.1 Å². The van der Waals surface area contributed by atoms with E-state index in [1.807, 2.05) is 36.4 Å². The van der Waals surface area contributed by atoms with E-state index in [1.54, 1.807) is 7.11 Å². The van der Waals surface area contributed by atoms with Crippen LogP contribution in [0, 0.1) is 0 Å². The number of halogens is 4. The Morgan fingerprint density at radius 2 is 1.79 bits per heavy atom. The maximum atomic E-state index is 6.57. The van der Waals surface area contributed by atoms with Crippen LogP contribution in [0.4, 0.5) is 0 Å². The summed E-state index contributed by atoms with van der Waals surface area (Å²) in [5.74, 6) is 0.755. The van der Waals surface area contributed by atoms with Crippen LogP contribution < -0.4 is 4.74 Å². The highest BCUT2D eigenvalue weighted by Gasteiger charge is 2.18. The molecule has 0 saturated carbocycles. The molecule has 1 nitrogen and oxygen atoms in total. The monoisotopic (exact) mass is 422 g/mol. The van der Waals surface area contributed by atoms with E-state index in [4.69, 9.17) is 27.9 Å². The lowest BCUT2D eigenvalue weighted by molar-refractivity contribution is 0.410. The van der Waals surface area contributed by atoms with Gasteiger partial charge in [-0.15, -0.1) is 11.6 Å². The quantitative estimate of drug-likeness (QED) is 0.533. The molecule has 0 aromatic heterocycles. The minimum atomic E-state index is -0.320. The molecular formula is C14H10Br2Cl2O. The zero-order valence-electron chi connectivity index (χ0n) is 9.96. The van der Waals surface area contributed by atoms with Gasteiger partial charge >= 0.3 is 0 Å². The molecule has 0 spiro atoms. The number of rotatable bonds is 3. The molecular weight excluding hydrogens is 415 g/mol. The van der Waals surface area contributed by atoms with Crippen LogP contribution in [0.1, 0.15) is 16.5 Å². The zero-order valence-corrected chi connectivity index (χ0v) is 14.6. The molecule has 0 bridgehead atoms. The molecule has 2 aromatic carbocycles. The number of methoxy groups -OCH3 is 1. The van der Waals surface area contributed by atoms with Gasteiger partial charge in [-0.3, -0.25) is 0 Å². The van der Waals surface area contributed by atoms with E-state index in [2.05, 4.69) is 31.9 Å². The lowest BCUT2D eigenvalue weighted by Crippen LogP contribution is -1.98. The van der Waals surface area contributed by atoms with Crippen molar-refractivity contribution in [3.63, 3.8) is 0 Å². The Hall–Kier alpha value is -0.220. The van der Waals surface area contributed by atoms with E-state index in [1.165, 1.54) is 0 Å². The number of hydrogen-bond donors (Lipinski definition) is 0. The first-order valence-electron chi connectivity index (χ1n) is 5.45. The fraction of sp³-hybridized carbons (Fsp3) is 0.143. The third-order valence-corrected chi connectivity index (χ3v) is 4.59. The normalized spacial score (nSPS) is 12.3. The van der Waals surface area contributed by atoms with Crippen LogP contribution in [-0.4, -0.2) is 7.11 Å². The lowest BCUT2D eigenvalue weighted by Gasteiger charge is -2.16. The van der Waals surface area contributed by atoms with E-state index in [-0.39, 0.29) is 5.38 Å². The highest BCUT2D eigenvalue weighted by Crippen LogP contribution is 2.40. The second-order valence-electron chi connectivity index (χ2n) is 3.91. The van der Waals surface area contributed by atoms with Crippen molar-refractivity contribution < 1.29 is 4.74 Å². The van der Waals surface area contributed by atoms with Crippen LogP contribution in [0.3, 0.4) is 0 Å². The number of benzene rings is 2. The SMILES string of the molecule is COc1ccc(Br)cc1C(Cl)c1ccc(Cl)cc1Br. The summed E-state index contributed by atoms with van der Waals surface area (Å²) in [6.45, 7) is 0. The molecule has 0 radical (unpaired) electrons. The first-order valence-corrected chi connectivity index (χ1v) is 7.85. The van der Waals surface area contributed by atoms with Crippen LogP contribution in [0.15, 0.2) is 45.3 Å². The molecule has 0 heterocycles. The second kappa shape index (κ2) is 6.49. The second-order valence-corrected chi connectivity index (χ2v) is 6.56. The molecule has 19 heavy (non-hydrogen) atoms. The van der Waals surface area contributed by atoms with Crippen molar-refractivity contribution in [1.82, 2.24) is 0 Å². The van der Waals surface area contributed by atoms with E-state index in [9.17, 15) is 0 Å². The first-order chi connectivity index (χ1) is 9.02. The number of alkyl halides is 1. The lowest BCUT2D eigenvalue weighted by atomic mass is 10.0. The van der Waals surface area contributed by atoms with Crippen LogP contribution in [0.25, 0.3) is 0 Å². The molecule has 0 amide bonds. The predicted molar refractivity (Wildman–Crippen MR) is 87.5 cm³/mol. The highest BCUT2D eigenvalue weighted by atomic mass is 79.9. The smallest absolute Gasteiger partial charge is 0.123 e. The molecule has 0 N–H and O–H groups in total. The minimum absolute atomic E-state index is 0.320. The fourth-order valence-electron chi connectivity index (χ4n) is 1.78. The molecule has 1 unspecified atom stereocenters. The summed E-state index contributed by atoms with van der Waals surface area (Å²) in [6.07, 6.45) is 0. The van der Waals surface area contributed by atoms with Gasteiger partial charge in [-0.05, 0) is 35.9 Å². The van der Waals surface area contributed by atoms with Gasteiger partial charge in [0.15, 0.2) is 0 Å². The van der Waals surface area contributed by atoms with Crippen LogP contribution in [-0.2, 0) is 0 Å². The van der Waals surface area contributed by atoms with Gasteiger partial charge < -0.3 is 4.74 Å². The van der Waals surface area contributed by atoms with Crippen molar-refractivity contribution in [1.29, 1.82) is 0 Å². The summed E-state index contributed by atoms with van der Waals surface area (Å²) in [6, 6.07) is 11.3. The van der Waals surface area contributed by atoms with E-state index in [0.29, 0.717) is 5.02 Å². The van der Waals surface area contributed by atoms with Gasteiger partial charge in [0.2, 0.25) is 0 Å². The van der Waals surface area contributed by atoms with Crippen molar-refractivity contribution in [3.05, 3.63) is 61.5 Å². The molecule has 0 aliphatic rings. The molecule has 2 rings (SSSR count). The minimum Gasteiger partial charge on any atom is -0.496 e.